The molecule has 0 bridgehead atoms. The number of hydrogen-bond donors (Lipinski definition) is 2. The Morgan fingerprint density at radius 1 is 1.07 bits per heavy atom. The zero-order valence-corrected chi connectivity index (χ0v) is 18.0. The van der Waals surface area contributed by atoms with E-state index in [2.05, 4.69) is 11.4 Å². The Morgan fingerprint density at radius 2 is 1.80 bits per heavy atom. The van der Waals surface area contributed by atoms with Crippen LogP contribution in [0, 0.1) is 0 Å². The molecule has 0 saturated heterocycles. The molecule has 3 unspecified atom stereocenters. The third kappa shape index (κ3) is 2.99. The summed E-state index contributed by atoms with van der Waals surface area (Å²) in [6, 6.07) is 21.0. The predicted octanol–water partition coefficient (Wildman–Crippen LogP) is 5.58. The van der Waals surface area contributed by atoms with E-state index < -0.39 is 22.8 Å². The van der Waals surface area contributed by atoms with E-state index in [-0.39, 0.29) is 12.3 Å². The second kappa shape index (κ2) is 7.31. The van der Waals surface area contributed by atoms with Gasteiger partial charge in [-0.3, -0.25) is 4.55 Å². The van der Waals surface area contributed by atoms with E-state index in [1.807, 2.05) is 54.6 Å². The molecule has 4 aromatic rings. The first-order valence-electron chi connectivity index (χ1n) is 9.28. The normalized spacial score (nSPS) is 21.4. The van der Waals surface area contributed by atoms with Gasteiger partial charge in [0.25, 0.3) is 11.3 Å². The van der Waals surface area contributed by atoms with Crippen molar-refractivity contribution < 1.29 is 18.7 Å². The number of carbonyl (C=O) groups is 1. The van der Waals surface area contributed by atoms with Crippen molar-refractivity contribution in [2.75, 3.05) is 4.31 Å². The number of carboxylic acids is 1. The first kappa shape index (κ1) is 19.4. The molecule has 2 aromatic heterocycles. The van der Waals surface area contributed by atoms with Gasteiger partial charge < -0.3 is 5.11 Å². The second-order valence-corrected chi connectivity index (χ2v) is 10.0. The Bertz CT molecular complexity index is 1270. The maximum atomic E-state index is 12.4. The number of aliphatic carboxylic acids is 1. The SMILES string of the molecule is O=C(O)C1(N(c2ccc(-c3csc4ccccc34)s2)S(=O)O)CC1c1ccccc1. The van der Waals surface area contributed by atoms with Gasteiger partial charge in [0.05, 0.1) is 0 Å². The van der Waals surface area contributed by atoms with Gasteiger partial charge in [-0.2, -0.15) is 0 Å². The Morgan fingerprint density at radius 3 is 2.53 bits per heavy atom. The molecule has 2 heterocycles. The minimum atomic E-state index is -2.47. The number of benzene rings is 2. The lowest BCUT2D eigenvalue weighted by molar-refractivity contribution is -0.139. The van der Waals surface area contributed by atoms with Crippen molar-refractivity contribution >= 4 is 55.0 Å². The molecule has 0 spiro atoms. The third-order valence-electron chi connectivity index (χ3n) is 5.56. The molecule has 2 N–H and O–H groups in total. The van der Waals surface area contributed by atoms with Crippen molar-refractivity contribution in [3.8, 4) is 10.4 Å². The third-order valence-corrected chi connectivity index (χ3v) is 8.58. The van der Waals surface area contributed by atoms with Crippen molar-refractivity contribution in [2.24, 2.45) is 0 Å². The number of nitrogens with zero attached hydrogens (tertiary/aromatic N) is 1. The van der Waals surface area contributed by atoms with Crippen molar-refractivity contribution in [2.45, 2.75) is 17.9 Å². The molecule has 1 saturated carbocycles. The average molecular weight is 456 g/mol. The summed E-state index contributed by atoms with van der Waals surface area (Å²) in [4.78, 5) is 13.3. The summed E-state index contributed by atoms with van der Waals surface area (Å²) in [7, 11) is 0. The van der Waals surface area contributed by atoms with E-state index in [4.69, 9.17) is 0 Å². The van der Waals surface area contributed by atoms with Gasteiger partial charge in [0.1, 0.15) is 5.00 Å². The van der Waals surface area contributed by atoms with Gasteiger partial charge in [0.15, 0.2) is 5.54 Å². The van der Waals surface area contributed by atoms with Crippen LogP contribution in [0.1, 0.15) is 17.9 Å². The van der Waals surface area contributed by atoms with Crippen molar-refractivity contribution in [1.82, 2.24) is 0 Å². The fourth-order valence-electron chi connectivity index (χ4n) is 4.04. The molecular weight excluding hydrogens is 438 g/mol. The lowest BCUT2D eigenvalue weighted by atomic mass is 10.1. The maximum Gasteiger partial charge on any atom is 0.331 e. The van der Waals surface area contributed by atoms with Gasteiger partial charge in [-0.15, -0.1) is 22.7 Å². The van der Waals surface area contributed by atoms with E-state index >= 15 is 0 Å². The lowest BCUT2D eigenvalue weighted by Gasteiger charge is -2.26. The molecule has 0 amide bonds. The van der Waals surface area contributed by atoms with E-state index in [1.54, 1.807) is 17.4 Å². The summed E-state index contributed by atoms with van der Waals surface area (Å²) in [6.45, 7) is 0. The van der Waals surface area contributed by atoms with Crippen LogP contribution in [0.25, 0.3) is 20.5 Å². The van der Waals surface area contributed by atoms with Gasteiger partial charge in [-0.25, -0.2) is 13.3 Å². The Hall–Kier alpha value is -2.52. The van der Waals surface area contributed by atoms with Gasteiger partial charge in [-0.1, -0.05) is 48.5 Å². The quantitative estimate of drug-likeness (QED) is 0.372. The Balaban J connectivity index is 1.56. The molecule has 5 rings (SSSR count). The minimum Gasteiger partial charge on any atom is -0.479 e. The van der Waals surface area contributed by atoms with E-state index in [9.17, 15) is 18.7 Å². The molecule has 152 valence electrons. The van der Waals surface area contributed by atoms with Crippen molar-refractivity contribution in [1.29, 1.82) is 0 Å². The van der Waals surface area contributed by atoms with E-state index in [0.717, 1.165) is 25.7 Å². The van der Waals surface area contributed by atoms with Crippen LogP contribution in [-0.4, -0.2) is 25.4 Å². The summed E-state index contributed by atoms with van der Waals surface area (Å²) >= 11 is 0.511. The largest absolute Gasteiger partial charge is 0.479 e. The van der Waals surface area contributed by atoms with Crippen LogP contribution in [0.2, 0.25) is 0 Å². The fraction of sp³-hybridized carbons (Fsp3) is 0.136. The fourth-order valence-corrected chi connectivity index (χ4v) is 7.18. The van der Waals surface area contributed by atoms with Crippen molar-refractivity contribution in [3.63, 3.8) is 0 Å². The number of rotatable bonds is 6. The highest BCUT2D eigenvalue weighted by molar-refractivity contribution is 7.81. The molecule has 0 aliphatic heterocycles. The van der Waals surface area contributed by atoms with Crippen LogP contribution < -0.4 is 4.31 Å². The number of fused-ring (bicyclic) bond motifs is 1. The average Bonchev–Trinajstić information content (AvgIpc) is 3.07. The van der Waals surface area contributed by atoms with E-state index in [1.165, 1.54) is 16.0 Å². The molecule has 1 aliphatic rings. The zero-order valence-electron chi connectivity index (χ0n) is 15.6. The zero-order chi connectivity index (χ0) is 20.9. The second-order valence-electron chi connectivity index (χ2n) is 7.21. The molecule has 5 nitrogen and oxygen atoms in total. The molecular formula is C22H17NO4S3. The van der Waals surface area contributed by atoms with Gasteiger partial charge in [-0.05, 0) is 30.2 Å². The van der Waals surface area contributed by atoms with Crippen LogP contribution in [-0.2, 0) is 16.1 Å². The van der Waals surface area contributed by atoms with E-state index in [0.29, 0.717) is 5.00 Å². The summed E-state index contributed by atoms with van der Waals surface area (Å²) in [6.07, 6.45) is 0.285. The molecule has 1 aliphatic carbocycles. The molecule has 1 fully saturated rings. The predicted molar refractivity (Wildman–Crippen MR) is 123 cm³/mol. The van der Waals surface area contributed by atoms with Crippen LogP contribution in [0.5, 0.6) is 0 Å². The monoisotopic (exact) mass is 455 g/mol. The highest BCUT2D eigenvalue weighted by Crippen LogP contribution is 2.58. The van der Waals surface area contributed by atoms with Crippen LogP contribution in [0.3, 0.4) is 0 Å². The highest BCUT2D eigenvalue weighted by Gasteiger charge is 2.67. The number of thiophene rings is 2. The first-order chi connectivity index (χ1) is 14.5. The Kier molecular flexibility index (Phi) is 4.74. The molecule has 3 atom stereocenters. The highest BCUT2D eigenvalue weighted by atomic mass is 32.2. The summed E-state index contributed by atoms with van der Waals surface area (Å²) in [5, 5.41) is 13.7. The standard InChI is InChI=1S/C22H17NO4S3/c24-21(25)22(12-17(22)14-6-2-1-3-7-14)23(30(26)27)20-11-10-19(29-20)16-13-28-18-9-5-4-8-15(16)18/h1-11,13,17H,12H2,(H,24,25)(H,26,27). The summed E-state index contributed by atoms with van der Waals surface area (Å²) < 4.78 is 24.8. The number of hydrogen-bond acceptors (Lipinski definition) is 4. The lowest BCUT2D eigenvalue weighted by Crippen LogP contribution is -2.45. The topological polar surface area (TPSA) is 77.8 Å². The molecule has 8 heteroatoms. The molecule has 2 aromatic carbocycles. The number of anilines is 1. The summed E-state index contributed by atoms with van der Waals surface area (Å²) in [5.41, 5.74) is 0.478. The minimum absolute atomic E-state index is 0.285. The van der Waals surface area contributed by atoms with Crippen molar-refractivity contribution in [3.05, 3.63) is 77.7 Å². The van der Waals surface area contributed by atoms with Gasteiger partial charge in [0.2, 0.25) is 0 Å². The molecule has 30 heavy (non-hydrogen) atoms. The molecule has 0 radical (unpaired) electrons. The summed E-state index contributed by atoms with van der Waals surface area (Å²) in [5.74, 6) is -1.44. The van der Waals surface area contributed by atoms with Gasteiger partial charge in [0, 0.05) is 31.8 Å². The van der Waals surface area contributed by atoms with Crippen LogP contribution in [0.15, 0.2) is 72.1 Å². The Labute approximate surface area is 183 Å². The maximum absolute atomic E-state index is 12.4. The van der Waals surface area contributed by atoms with Crippen LogP contribution in [0.4, 0.5) is 5.00 Å². The smallest absolute Gasteiger partial charge is 0.331 e. The first-order valence-corrected chi connectivity index (χ1v) is 12.0. The van der Waals surface area contributed by atoms with Crippen LogP contribution >= 0.6 is 22.7 Å². The van der Waals surface area contributed by atoms with Gasteiger partial charge >= 0.3 is 5.97 Å². The number of carboxylic acid groups (broad SMARTS) is 1.